The summed E-state index contributed by atoms with van der Waals surface area (Å²) < 4.78 is 143. The van der Waals surface area contributed by atoms with E-state index in [-0.39, 0.29) is 6.61 Å². The van der Waals surface area contributed by atoms with Crippen LogP contribution in [0.15, 0.2) is 0 Å². The van der Waals surface area contributed by atoms with Crippen LogP contribution in [0.3, 0.4) is 0 Å². The highest BCUT2D eigenvalue weighted by Gasteiger charge is 2.02. The summed E-state index contributed by atoms with van der Waals surface area (Å²) in [5.41, 5.74) is 0. The highest BCUT2D eigenvalue weighted by Crippen LogP contribution is 2.12. The molecule has 0 unspecified atom stereocenters. The average molecular weight is 1360 g/mol. The largest absolute Gasteiger partial charge is 0.394 e. The van der Waals surface area contributed by atoms with Gasteiger partial charge in [-0.25, -0.2) is 0 Å². The lowest BCUT2D eigenvalue weighted by molar-refractivity contribution is -0.0322. The number of hydrogen-bond acceptors (Lipinski definition) is 27. The lowest BCUT2D eigenvalue weighted by atomic mass is 10.1. The minimum atomic E-state index is 0.0178. The molecule has 0 aliphatic rings. The van der Waals surface area contributed by atoms with E-state index in [4.69, 9.17) is 128 Å². The Bertz CT molecular complexity index is 1180. The van der Waals surface area contributed by atoms with Crippen LogP contribution < -0.4 is 0 Å². The predicted molar refractivity (Wildman–Crippen MR) is 349 cm³/mol. The molecule has 0 bridgehead atoms. The lowest BCUT2D eigenvalue weighted by Gasteiger charge is -2.09. The molecule has 27 nitrogen and oxygen atoms in total. The molecule has 0 amide bonds. The van der Waals surface area contributed by atoms with Gasteiger partial charge in [-0.2, -0.15) is 0 Å². The number of hydrogen-bond donors (Lipinski definition) is 1. The molecule has 0 aliphatic carbocycles. The number of unbranched alkanes of at least 4 members (excludes halogenated alkanes) is 11. The van der Waals surface area contributed by atoms with Crippen molar-refractivity contribution in [3.63, 3.8) is 0 Å². The molecule has 0 rings (SSSR count). The molecule has 0 radical (unpaired) electrons. The fraction of sp³-hybridized carbons (Fsp3) is 1.00. The molecule has 0 aromatic rings. The molecule has 0 aromatic heterocycles. The van der Waals surface area contributed by atoms with Gasteiger partial charge >= 0.3 is 0 Å². The van der Waals surface area contributed by atoms with Gasteiger partial charge in [0.1, 0.15) is 0 Å². The Morgan fingerprint density at radius 3 is 0.333 bits per heavy atom. The molecule has 0 aromatic carbocycles. The normalized spacial score (nSPS) is 11.8. The van der Waals surface area contributed by atoms with Gasteiger partial charge in [-0.1, -0.05) is 77.6 Å². The second-order valence-corrected chi connectivity index (χ2v) is 20.5. The molecule has 0 spiro atoms. The van der Waals surface area contributed by atoms with E-state index in [1.165, 1.54) is 70.6 Å². The first-order valence-corrected chi connectivity index (χ1v) is 35.0. The summed E-state index contributed by atoms with van der Waals surface area (Å²) in [6.07, 6.45) is 16.2. The van der Waals surface area contributed by atoms with E-state index in [2.05, 4.69) is 6.92 Å². The first-order chi connectivity index (χ1) is 46.4. The third-order valence-electron chi connectivity index (χ3n) is 12.7. The molecule has 560 valence electrons. The van der Waals surface area contributed by atoms with Gasteiger partial charge in [-0.05, 0) is 6.42 Å². The lowest BCUT2D eigenvalue weighted by Crippen LogP contribution is -2.16. The van der Waals surface area contributed by atoms with Crippen LogP contribution in [0.1, 0.15) is 84.0 Å². The van der Waals surface area contributed by atoms with Crippen molar-refractivity contribution in [3.05, 3.63) is 0 Å². The summed E-state index contributed by atoms with van der Waals surface area (Å²) in [6, 6.07) is 0. The van der Waals surface area contributed by atoms with Crippen molar-refractivity contribution >= 4 is 0 Å². The molecule has 0 saturated carbocycles. The molecule has 1 N–H and O–H groups in total. The van der Waals surface area contributed by atoms with Gasteiger partial charge in [0.15, 0.2) is 0 Å². The molecular weight excluding hydrogens is 1220 g/mol. The van der Waals surface area contributed by atoms with Crippen LogP contribution >= 0.6 is 0 Å². The smallest absolute Gasteiger partial charge is 0.0701 e. The van der Waals surface area contributed by atoms with Crippen molar-refractivity contribution in [2.24, 2.45) is 0 Å². The molecule has 27 heteroatoms. The summed E-state index contributed by atoms with van der Waals surface area (Å²) in [6.45, 7) is 28.4. The van der Waals surface area contributed by atoms with Crippen molar-refractivity contribution in [1.82, 2.24) is 0 Å². The molecule has 0 atom stereocenters. The summed E-state index contributed by atoms with van der Waals surface area (Å²) in [7, 11) is 0. The number of rotatable bonds is 90. The fourth-order valence-electron chi connectivity index (χ4n) is 7.71. The molecule has 0 fully saturated rings. The maximum atomic E-state index is 8.62. The first kappa shape index (κ1) is 91.9. The summed E-state index contributed by atoms with van der Waals surface area (Å²) >= 11 is 0. The third-order valence-corrected chi connectivity index (χ3v) is 12.7. The van der Waals surface area contributed by atoms with Crippen LogP contribution in [0.25, 0.3) is 0 Å². The quantitative estimate of drug-likeness (QED) is 0.0776. The highest BCUT2D eigenvalue weighted by atomic mass is 16.6. The highest BCUT2D eigenvalue weighted by molar-refractivity contribution is 4.50. The molecule has 0 heterocycles. The molecular formula is C66H134O27. The summed E-state index contributed by atoms with van der Waals surface area (Å²) in [5, 5.41) is 8.62. The Labute approximate surface area is 560 Å². The third kappa shape index (κ3) is 90.9. The zero-order valence-electron chi connectivity index (χ0n) is 58.0. The van der Waals surface area contributed by atoms with Gasteiger partial charge in [0.05, 0.1) is 344 Å². The van der Waals surface area contributed by atoms with Gasteiger partial charge in [-0.15, -0.1) is 0 Å². The molecule has 0 aliphatic heterocycles. The second-order valence-electron chi connectivity index (χ2n) is 20.5. The number of aliphatic hydroxyl groups is 1. The fourth-order valence-corrected chi connectivity index (χ4v) is 7.71. The zero-order chi connectivity index (χ0) is 66.3. The monoisotopic (exact) mass is 1360 g/mol. The van der Waals surface area contributed by atoms with Gasteiger partial charge in [-0.3, -0.25) is 0 Å². The number of aliphatic hydroxyl groups excluding tert-OH is 1. The van der Waals surface area contributed by atoms with E-state index >= 15 is 0 Å². The van der Waals surface area contributed by atoms with E-state index in [9.17, 15) is 0 Å². The predicted octanol–water partition coefficient (Wildman–Crippen LogP) is 5.11. The van der Waals surface area contributed by atoms with Crippen molar-refractivity contribution in [1.29, 1.82) is 0 Å². The topological polar surface area (TPSA) is 260 Å². The summed E-state index contributed by atoms with van der Waals surface area (Å²) in [5.74, 6) is 0. The van der Waals surface area contributed by atoms with Crippen LogP contribution in [-0.4, -0.2) is 355 Å². The number of ether oxygens (including phenoxy) is 26. The first-order valence-electron chi connectivity index (χ1n) is 35.0. The Morgan fingerprint density at radius 1 is 0.118 bits per heavy atom. The van der Waals surface area contributed by atoms with Crippen LogP contribution in [0.5, 0.6) is 0 Å². The van der Waals surface area contributed by atoms with Crippen LogP contribution in [0.2, 0.25) is 0 Å². The maximum Gasteiger partial charge on any atom is 0.0701 e. The van der Waals surface area contributed by atoms with Crippen molar-refractivity contribution in [2.45, 2.75) is 84.0 Å². The van der Waals surface area contributed by atoms with E-state index in [0.29, 0.717) is 337 Å². The van der Waals surface area contributed by atoms with Gasteiger partial charge < -0.3 is 128 Å². The zero-order valence-corrected chi connectivity index (χ0v) is 58.0. The standard InChI is InChI=1S/C66H134O27/c1-2-3-4-5-6-7-8-9-10-11-12-13-15-68-17-19-70-21-23-72-25-27-74-29-31-76-33-35-78-37-39-80-41-43-82-45-47-84-49-51-86-53-55-88-57-59-90-61-63-92-65-66-93-64-62-91-60-58-89-56-54-87-52-50-85-48-46-83-44-42-81-40-38-79-36-34-77-32-30-75-28-26-73-24-22-71-20-18-69-16-14-67/h67H,2-66H2,1H3. The van der Waals surface area contributed by atoms with Gasteiger partial charge in [0.2, 0.25) is 0 Å². The Balaban J connectivity index is 3.09. The minimum Gasteiger partial charge on any atom is -0.394 e. The average Bonchev–Trinajstić information content (AvgIpc) is 3.58. The van der Waals surface area contributed by atoms with E-state index in [1.807, 2.05) is 0 Å². The van der Waals surface area contributed by atoms with E-state index < -0.39 is 0 Å². The summed E-state index contributed by atoms with van der Waals surface area (Å²) in [4.78, 5) is 0. The Hall–Kier alpha value is -1.08. The molecule has 93 heavy (non-hydrogen) atoms. The van der Waals surface area contributed by atoms with Crippen LogP contribution in [-0.2, 0) is 123 Å². The van der Waals surface area contributed by atoms with Crippen molar-refractivity contribution < 1.29 is 128 Å². The van der Waals surface area contributed by atoms with Crippen molar-refractivity contribution in [2.75, 3.05) is 350 Å². The van der Waals surface area contributed by atoms with Gasteiger partial charge in [0.25, 0.3) is 0 Å². The van der Waals surface area contributed by atoms with E-state index in [0.717, 1.165) is 13.0 Å². The Kier molecular flexibility index (Phi) is 89.9. The van der Waals surface area contributed by atoms with Gasteiger partial charge in [0, 0.05) is 6.61 Å². The minimum absolute atomic E-state index is 0.0178. The van der Waals surface area contributed by atoms with Crippen LogP contribution in [0.4, 0.5) is 0 Å². The van der Waals surface area contributed by atoms with E-state index in [1.54, 1.807) is 0 Å². The molecule has 0 saturated heterocycles. The maximum absolute atomic E-state index is 8.62. The van der Waals surface area contributed by atoms with Crippen LogP contribution in [0, 0.1) is 0 Å². The second kappa shape index (κ2) is 90.9. The van der Waals surface area contributed by atoms with Crippen molar-refractivity contribution in [3.8, 4) is 0 Å². The Morgan fingerprint density at radius 2 is 0.215 bits per heavy atom. The SMILES string of the molecule is CCCCCCCCCCCCCCOCCOCCOCCOCCOCCOCCOCCOCCOCCOCCOCCOCCOCCOCCOCCOCCOCCOCCOCCOCCOCCOCCOCCOCCOCCOCCO.